The van der Waals surface area contributed by atoms with Crippen molar-refractivity contribution in [2.24, 2.45) is 0 Å². The standard InChI is InChI=1S/C14H17F2NO3/c1-2-9-5-8(3-4-20-9)17-13-6-10(14(18)19)11(15)7-12(13)16/h6-9,17H,2-5H2,1H3,(H,18,19). The smallest absolute Gasteiger partial charge is 0.338 e. The van der Waals surface area contributed by atoms with Crippen LogP contribution in [0, 0.1) is 11.6 Å². The Balaban J connectivity index is 2.16. The molecule has 0 spiro atoms. The molecule has 1 saturated heterocycles. The first-order valence-corrected chi connectivity index (χ1v) is 6.61. The van der Waals surface area contributed by atoms with Crippen LogP contribution in [0.2, 0.25) is 0 Å². The van der Waals surface area contributed by atoms with Crippen molar-refractivity contribution in [1.82, 2.24) is 0 Å². The molecule has 2 rings (SSSR count). The van der Waals surface area contributed by atoms with Gasteiger partial charge in [-0.15, -0.1) is 0 Å². The van der Waals surface area contributed by atoms with Gasteiger partial charge in [0.05, 0.1) is 17.4 Å². The highest BCUT2D eigenvalue weighted by Crippen LogP contribution is 2.24. The maximum absolute atomic E-state index is 13.7. The number of halogens is 2. The third-order valence-electron chi connectivity index (χ3n) is 3.47. The van der Waals surface area contributed by atoms with Crippen LogP contribution in [0.4, 0.5) is 14.5 Å². The second-order valence-electron chi connectivity index (χ2n) is 4.88. The number of benzene rings is 1. The summed E-state index contributed by atoms with van der Waals surface area (Å²) in [5, 5.41) is 11.8. The molecule has 20 heavy (non-hydrogen) atoms. The molecule has 0 bridgehead atoms. The van der Waals surface area contributed by atoms with Gasteiger partial charge < -0.3 is 15.2 Å². The van der Waals surface area contributed by atoms with E-state index < -0.39 is 23.2 Å². The van der Waals surface area contributed by atoms with Crippen LogP contribution in [0.1, 0.15) is 36.5 Å². The Kier molecular flexibility index (Phi) is 4.54. The topological polar surface area (TPSA) is 58.6 Å². The van der Waals surface area contributed by atoms with Gasteiger partial charge in [0.15, 0.2) is 0 Å². The van der Waals surface area contributed by atoms with E-state index in [9.17, 15) is 13.6 Å². The van der Waals surface area contributed by atoms with E-state index in [2.05, 4.69) is 5.32 Å². The molecule has 1 fully saturated rings. The quantitative estimate of drug-likeness (QED) is 0.892. The summed E-state index contributed by atoms with van der Waals surface area (Å²) < 4.78 is 32.5. The number of anilines is 1. The largest absolute Gasteiger partial charge is 0.478 e. The van der Waals surface area contributed by atoms with E-state index in [0.717, 1.165) is 18.9 Å². The highest BCUT2D eigenvalue weighted by atomic mass is 19.1. The van der Waals surface area contributed by atoms with Crippen molar-refractivity contribution in [3.8, 4) is 0 Å². The van der Waals surface area contributed by atoms with E-state index in [1.54, 1.807) is 0 Å². The minimum atomic E-state index is -1.41. The first kappa shape index (κ1) is 14.7. The first-order chi connectivity index (χ1) is 9.51. The number of aromatic carboxylic acids is 1. The fourth-order valence-corrected chi connectivity index (χ4v) is 2.34. The summed E-state index contributed by atoms with van der Waals surface area (Å²) in [7, 11) is 0. The second-order valence-corrected chi connectivity index (χ2v) is 4.88. The molecule has 2 N–H and O–H groups in total. The summed E-state index contributed by atoms with van der Waals surface area (Å²) in [6.07, 6.45) is 2.40. The molecule has 6 heteroatoms. The predicted molar refractivity (Wildman–Crippen MR) is 70.0 cm³/mol. The van der Waals surface area contributed by atoms with E-state index in [-0.39, 0.29) is 17.8 Å². The Morgan fingerprint density at radius 3 is 2.85 bits per heavy atom. The van der Waals surface area contributed by atoms with Gasteiger partial charge in [-0.05, 0) is 25.3 Å². The number of carboxylic acids is 1. The molecule has 2 unspecified atom stereocenters. The third kappa shape index (κ3) is 3.25. The SMILES string of the molecule is CCC1CC(Nc2cc(C(=O)O)c(F)cc2F)CCO1. The van der Waals surface area contributed by atoms with Crippen LogP contribution < -0.4 is 5.32 Å². The van der Waals surface area contributed by atoms with Gasteiger partial charge in [0.1, 0.15) is 11.6 Å². The predicted octanol–water partition coefficient (Wildman–Crippen LogP) is 3.03. The van der Waals surface area contributed by atoms with E-state index in [1.807, 2.05) is 6.92 Å². The number of rotatable bonds is 4. The van der Waals surface area contributed by atoms with Crippen molar-refractivity contribution in [3.63, 3.8) is 0 Å². The van der Waals surface area contributed by atoms with E-state index in [0.29, 0.717) is 19.1 Å². The van der Waals surface area contributed by atoms with Crippen LogP contribution in [0.3, 0.4) is 0 Å². The van der Waals surface area contributed by atoms with Gasteiger partial charge in [-0.3, -0.25) is 0 Å². The summed E-state index contributed by atoms with van der Waals surface area (Å²) >= 11 is 0. The maximum Gasteiger partial charge on any atom is 0.338 e. The molecule has 1 aliphatic heterocycles. The minimum absolute atomic E-state index is 0.00435. The van der Waals surface area contributed by atoms with Crippen molar-refractivity contribution in [2.75, 3.05) is 11.9 Å². The van der Waals surface area contributed by atoms with Gasteiger partial charge in [-0.1, -0.05) is 6.92 Å². The van der Waals surface area contributed by atoms with Crippen LogP contribution in [0.15, 0.2) is 12.1 Å². The molecule has 1 heterocycles. The average Bonchev–Trinajstić information content (AvgIpc) is 2.41. The summed E-state index contributed by atoms with van der Waals surface area (Å²) in [6.45, 7) is 2.58. The molecule has 0 aromatic heterocycles. The number of nitrogens with one attached hydrogen (secondary N) is 1. The number of hydrogen-bond donors (Lipinski definition) is 2. The van der Waals surface area contributed by atoms with Crippen LogP contribution in [-0.4, -0.2) is 29.8 Å². The summed E-state index contributed by atoms with van der Waals surface area (Å²) in [5.41, 5.74) is -0.515. The average molecular weight is 285 g/mol. The van der Waals surface area contributed by atoms with Gasteiger partial charge in [-0.25, -0.2) is 13.6 Å². The zero-order valence-electron chi connectivity index (χ0n) is 11.2. The third-order valence-corrected chi connectivity index (χ3v) is 3.47. The molecule has 110 valence electrons. The normalized spacial score (nSPS) is 22.6. The highest BCUT2D eigenvalue weighted by molar-refractivity contribution is 5.89. The molecule has 1 aromatic rings. The molecule has 1 aliphatic rings. The highest BCUT2D eigenvalue weighted by Gasteiger charge is 2.23. The summed E-state index contributed by atoms with van der Waals surface area (Å²) in [4.78, 5) is 10.9. The molecule has 0 radical (unpaired) electrons. The lowest BCUT2D eigenvalue weighted by Gasteiger charge is -2.30. The van der Waals surface area contributed by atoms with Crippen LogP contribution in [0.5, 0.6) is 0 Å². The lowest BCUT2D eigenvalue weighted by Crippen LogP contribution is -2.34. The Bertz CT molecular complexity index is 507. The van der Waals surface area contributed by atoms with E-state index >= 15 is 0 Å². The van der Waals surface area contributed by atoms with E-state index in [4.69, 9.17) is 9.84 Å². The fourth-order valence-electron chi connectivity index (χ4n) is 2.34. The van der Waals surface area contributed by atoms with Crippen LogP contribution in [-0.2, 0) is 4.74 Å². The Hall–Kier alpha value is -1.69. The zero-order chi connectivity index (χ0) is 14.7. The monoisotopic (exact) mass is 285 g/mol. The molecular weight excluding hydrogens is 268 g/mol. The summed E-state index contributed by atoms with van der Waals surface area (Å²) in [6, 6.07) is 1.60. The number of ether oxygens (including phenoxy) is 1. The summed E-state index contributed by atoms with van der Waals surface area (Å²) in [5.74, 6) is -3.27. The van der Waals surface area contributed by atoms with E-state index in [1.165, 1.54) is 0 Å². The van der Waals surface area contributed by atoms with Crippen molar-refractivity contribution in [1.29, 1.82) is 0 Å². The molecule has 2 atom stereocenters. The first-order valence-electron chi connectivity index (χ1n) is 6.61. The molecule has 1 aromatic carbocycles. The maximum atomic E-state index is 13.7. The number of carboxylic acid groups (broad SMARTS) is 1. The Morgan fingerprint density at radius 2 is 2.20 bits per heavy atom. The molecular formula is C14H17F2NO3. The lowest BCUT2D eigenvalue weighted by atomic mass is 10.0. The van der Waals surface area contributed by atoms with Gasteiger partial charge in [-0.2, -0.15) is 0 Å². The van der Waals surface area contributed by atoms with Crippen LogP contribution >= 0.6 is 0 Å². The van der Waals surface area contributed by atoms with Gasteiger partial charge in [0.25, 0.3) is 0 Å². The number of hydrogen-bond acceptors (Lipinski definition) is 3. The van der Waals surface area contributed by atoms with Crippen molar-refractivity contribution >= 4 is 11.7 Å². The fraction of sp³-hybridized carbons (Fsp3) is 0.500. The molecule has 0 saturated carbocycles. The zero-order valence-corrected chi connectivity index (χ0v) is 11.2. The Labute approximate surface area is 115 Å². The molecule has 0 aliphatic carbocycles. The molecule has 4 nitrogen and oxygen atoms in total. The van der Waals surface area contributed by atoms with Gasteiger partial charge in [0, 0.05) is 18.7 Å². The van der Waals surface area contributed by atoms with Crippen molar-refractivity contribution in [2.45, 2.75) is 38.3 Å². The number of carbonyl (C=O) groups is 1. The van der Waals surface area contributed by atoms with Crippen molar-refractivity contribution < 1.29 is 23.4 Å². The Morgan fingerprint density at radius 1 is 1.45 bits per heavy atom. The van der Waals surface area contributed by atoms with Gasteiger partial charge >= 0.3 is 5.97 Å². The van der Waals surface area contributed by atoms with Gasteiger partial charge in [0.2, 0.25) is 0 Å². The lowest BCUT2D eigenvalue weighted by molar-refractivity contribution is 0.00920. The second kappa shape index (κ2) is 6.17. The molecule has 0 amide bonds. The van der Waals surface area contributed by atoms with Crippen LogP contribution in [0.25, 0.3) is 0 Å². The van der Waals surface area contributed by atoms with Crippen molar-refractivity contribution in [3.05, 3.63) is 29.3 Å². The minimum Gasteiger partial charge on any atom is -0.478 e.